The molecule has 7 heteroatoms. The van der Waals surface area contributed by atoms with E-state index >= 15 is 0 Å². The molecule has 2 atom stereocenters. The Labute approximate surface area is 197 Å². The van der Waals surface area contributed by atoms with Crippen LogP contribution in [0.4, 0.5) is 0 Å². The highest BCUT2D eigenvalue weighted by molar-refractivity contribution is 6.42. The summed E-state index contributed by atoms with van der Waals surface area (Å²) in [4.78, 5) is 23.3. The third-order valence-corrected chi connectivity index (χ3v) is 5.30. The van der Waals surface area contributed by atoms with Crippen LogP contribution < -0.4 is 5.73 Å². The van der Waals surface area contributed by atoms with Gasteiger partial charge in [-0.05, 0) is 35.7 Å². The lowest BCUT2D eigenvalue weighted by molar-refractivity contribution is -0.150. The first-order valence-electron chi connectivity index (χ1n) is 9.95. The highest BCUT2D eigenvalue weighted by Gasteiger charge is 2.26. The molecule has 1 unspecified atom stereocenters. The van der Waals surface area contributed by atoms with Gasteiger partial charge in [0.25, 0.3) is 0 Å². The summed E-state index contributed by atoms with van der Waals surface area (Å²) in [7, 11) is 0. The van der Waals surface area contributed by atoms with Crippen molar-refractivity contribution in [2.45, 2.75) is 31.9 Å². The average Bonchev–Trinajstić information content (AvgIpc) is 2.79. The van der Waals surface area contributed by atoms with Crippen molar-refractivity contribution in [1.29, 1.82) is 0 Å². The van der Waals surface area contributed by atoms with Crippen LogP contribution in [0.5, 0.6) is 0 Å². The molecule has 0 spiro atoms. The van der Waals surface area contributed by atoms with E-state index in [0.29, 0.717) is 10.6 Å². The van der Waals surface area contributed by atoms with Crippen LogP contribution in [0, 0.1) is 0 Å². The molecule has 0 aliphatic rings. The van der Waals surface area contributed by atoms with Crippen molar-refractivity contribution in [3.8, 4) is 0 Å². The molecule has 3 N–H and O–H groups in total. The second-order valence-electron chi connectivity index (χ2n) is 7.12. The predicted octanol–water partition coefficient (Wildman–Crippen LogP) is 6.00. The topological polar surface area (TPSA) is 89.6 Å². The van der Waals surface area contributed by atoms with Gasteiger partial charge in [0.2, 0.25) is 0 Å². The van der Waals surface area contributed by atoms with E-state index in [9.17, 15) is 9.59 Å². The second kappa shape index (κ2) is 12.9. The van der Waals surface area contributed by atoms with Crippen LogP contribution in [0.15, 0.2) is 78.9 Å². The van der Waals surface area contributed by atoms with Gasteiger partial charge in [0.1, 0.15) is 6.61 Å². The third-order valence-electron chi connectivity index (χ3n) is 4.56. The first kappa shape index (κ1) is 25.4. The predicted molar refractivity (Wildman–Crippen MR) is 127 cm³/mol. The number of ether oxygens (including phenoxy) is 1. The van der Waals surface area contributed by atoms with Gasteiger partial charge in [-0.15, -0.1) is 0 Å². The van der Waals surface area contributed by atoms with Gasteiger partial charge >= 0.3 is 11.9 Å². The lowest BCUT2D eigenvalue weighted by atomic mass is 9.96. The average molecular weight is 474 g/mol. The lowest BCUT2D eigenvalue weighted by Crippen LogP contribution is -2.19. The maximum Gasteiger partial charge on any atom is 0.314 e. The molecule has 32 heavy (non-hydrogen) atoms. The number of carboxylic acid groups (broad SMARTS) is 1. The number of hydrogen-bond acceptors (Lipinski definition) is 4. The SMILES string of the molecule is C[C@H](N)c1ccccc1.O=C(O)CC(C(=O)OCc1ccccc1)c1ccc(Cl)c(Cl)c1. The molecular weight excluding hydrogens is 449 g/mol. The highest BCUT2D eigenvalue weighted by atomic mass is 35.5. The number of hydrogen-bond donors (Lipinski definition) is 2. The molecule has 0 saturated carbocycles. The molecule has 0 aliphatic heterocycles. The number of carbonyl (C=O) groups is 2. The molecule has 0 radical (unpaired) electrons. The van der Waals surface area contributed by atoms with E-state index in [4.69, 9.17) is 38.8 Å². The van der Waals surface area contributed by atoms with Gasteiger partial charge in [0, 0.05) is 6.04 Å². The molecule has 0 fully saturated rings. The molecule has 0 bridgehead atoms. The van der Waals surface area contributed by atoms with Crippen molar-refractivity contribution < 1.29 is 19.4 Å². The number of nitrogens with two attached hydrogens (primary N) is 1. The van der Waals surface area contributed by atoms with Crippen LogP contribution in [0.3, 0.4) is 0 Å². The molecule has 0 aromatic heterocycles. The Bertz CT molecular complexity index is 1010. The summed E-state index contributed by atoms with van der Waals surface area (Å²) in [5, 5.41) is 9.63. The zero-order chi connectivity index (χ0) is 23.5. The number of rotatable bonds is 7. The number of carboxylic acids is 1. The van der Waals surface area contributed by atoms with Crippen molar-refractivity contribution >= 4 is 35.1 Å². The highest BCUT2D eigenvalue weighted by Crippen LogP contribution is 2.29. The van der Waals surface area contributed by atoms with Gasteiger partial charge in [-0.25, -0.2) is 0 Å². The normalized spacial score (nSPS) is 12.1. The maximum atomic E-state index is 12.3. The van der Waals surface area contributed by atoms with Crippen LogP contribution in [0.25, 0.3) is 0 Å². The van der Waals surface area contributed by atoms with Crippen molar-refractivity contribution in [3.63, 3.8) is 0 Å². The van der Waals surface area contributed by atoms with E-state index in [1.165, 1.54) is 17.7 Å². The molecule has 3 aromatic carbocycles. The molecule has 5 nitrogen and oxygen atoms in total. The summed E-state index contributed by atoms with van der Waals surface area (Å²) in [6.07, 6.45) is -0.383. The van der Waals surface area contributed by atoms with E-state index in [1.807, 2.05) is 67.6 Å². The standard InChI is InChI=1S/C17H14Cl2O4.C8H11N/c18-14-7-6-12(8-15(14)19)13(9-16(20)21)17(22)23-10-11-4-2-1-3-5-11;1-7(9)8-5-3-2-4-6-8/h1-8,13H,9-10H2,(H,20,21);2-7H,9H2,1H3/t;7-/m.0/s1. The van der Waals surface area contributed by atoms with Gasteiger partial charge in [-0.2, -0.15) is 0 Å². The number of halogens is 2. The van der Waals surface area contributed by atoms with Crippen LogP contribution in [-0.4, -0.2) is 17.0 Å². The monoisotopic (exact) mass is 473 g/mol. The number of esters is 1. The molecule has 0 saturated heterocycles. The minimum atomic E-state index is -1.10. The van der Waals surface area contributed by atoms with Gasteiger partial charge in [-0.1, -0.05) is 89.9 Å². The summed E-state index contributed by atoms with van der Waals surface area (Å²) in [5.41, 5.74) is 8.09. The maximum absolute atomic E-state index is 12.3. The Kier molecular flexibility index (Phi) is 10.2. The van der Waals surface area contributed by atoms with Gasteiger partial charge < -0.3 is 15.6 Å². The Morgan fingerprint density at radius 1 is 0.906 bits per heavy atom. The van der Waals surface area contributed by atoms with E-state index in [-0.39, 0.29) is 24.1 Å². The van der Waals surface area contributed by atoms with Crippen LogP contribution in [0.1, 0.15) is 42.0 Å². The Morgan fingerprint density at radius 2 is 1.50 bits per heavy atom. The van der Waals surface area contributed by atoms with E-state index < -0.39 is 17.9 Å². The zero-order valence-corrected chi connectivity index (χ0v) is 19.1. The van der Waals surface area contributed by atoms with Crippen molar-refractivity contribution in [2.24, 2.45) is 5.73 Å². The fraction of sp³-hybridized carbons (Fsp3) is 0.200. The summed E-state index contributed by atoms with van der Waals surface area (Å²) in [5.74, 6) is -2.65. The minimum absolute atomic E-state index is 0.0805. The van der Waals surface area contributed by atoms with Crippen LogP contribution >= 0.6 is 23.2 Å². The van der Waals surface area contributed by atoms with E-state index in [2.05, 4.69) is 0 Å². The minimum Gasteiger partial charge on any atom is -0.481 e. The molecular formula is C25H25Cl2NO4. The number of aliphatic carboxylic acids is 1. The Morgan fingerprint density at radius 3 is 2.00 bits per heavy atom. The molecule has 0 heterocycles. The third kappa shape index (κ3) is 8.35. The van der Waals surface area contributed by atoms with Gasteiger partial charge in [-0.3, -0.25) is 9.59 Å². The summed E-state index contributed by atoms with van der Waals surface area (Å²) in [6.45, 7) is 2.06. The fourth-order valence-electron chi connectivity index (χ4n) is 2.83. The van der Waals surface area contributed by atoms with Crippen LogP contribution in [-0.2, 0) is 20.9 Å². The quantitative estimate of drug-likeness (QED) is 0.410. The van der Waals surface area contributed by atoms with Gasteiger partial charge in [0.15, 0.2) is 0 Å². The lowest BCUT2D eigenvalue weighted by Gasteiger charge is -2.15. The molecule has 3 rings (SSSR count). The van der Waals surface area contributed by atoms with Crippen molar-refractivity contribution in [1.82, 2.24) is 0 Å². The summed E-state index contributed by atoms with van der Waals surface area (Å²) >= 11 is 11.8. The summed E-state index contributed by atoms with van der Waals surface area (Å²) in [6, 6.07) is 24.0. The van der Waals surface area contributed by atoms with Crippen LogP contribution in [0.2, 0.25) is 10.0 Å². The van der Waals surface area contributed by atoms with Crippen molar-refractivity contribution in [3.05, 3.63) is 106 Å². The Balaban J connectivity index is 0.000000336. The molecule has 3 aromatic rings. The van der Waals surface area contributed by atoms with Crippen molar-refractivity contribution in [2.75, 3.05) is 0 Å². The fourth-order valence-corrected chi connectivity index (χ4v) is 3.13. The first-order valence-corrected chi connectivity index (χ1v) is 10.7. The molecule has 168 valence electrons. The van der Waals surface area contributed by atoms with E-state index in [1.54, 1.807) is 6.07 Å². The first-order chi connectivity index (χ1) is 15.3. The molecule has 0 amide bonds. The van der Waals surface area contributed by atoms with Gasteiger partial charge in [0.05, 0.1) is 22.4 Å². The number of benzene rings is 3. The summed E-state index contributed by atoms with van der Waals surface area (Å²) < 4.78 is 5.24. The van der Waals surface area contributed by atoms with E-state index in [0.717, 1.165) is 5.56 Å². The Hall–Kier alpha value is -2.86. The largest absolute Gasteiger partial charge is 0.481 e. The zero-order valence-electron chi connectivity index (χ0n) is 17.6. The smallest absolute Gasteiger partial charge is 0.314 e. The molecule has 0 aliphatic carbocycles. The number of carbonyl (C=O) groups excluding carboxylic acids is 1. The second-order valence-corrected chi connectivity index (χ2v) is 7.93.